The van der Waals surface area contributed by atoms with Crippen LogP contribution in [-0.4, -0.2) is 29.3 Å². The quantitative estimate of drug-likeness (QED) is 0.619. The van der Waals surface area contributed by atoms with Gasteiger partial charge in [0.05, 0.1) is 0 Å². The molecule has 0 aliphatic heterocycles. The van der Waals surface area contributed by atoms with Crippen LogP contribution in [0, 0.1) is 0 Å². The maximum atomic E-state index is 9.65. The Balaban J connectivity index is 3.90. The predicted octanol–water partition coefficient (Wildman–Crippen LogP) is 2.62. The average Bonchev–Trinajstić information content (AvgIpc) is 2.17. The van der Waals surface area contributed by atoms with E-state index < -0.39 is 0 Å². The monoisotopic (exact) mass is 187 g/mol. The van der Waals surface area contributed by atoms with Crippen LogP contribution in [0.15, 0.2) is 0 Å². The molecule has 2 atom stereocenters. The van der Waals surface area contributed by atoms with Crippen LogP contribution in [0.1, 0.15) is 52.9 Å². The van der Waals surface area contributed by atoms with Crippen LogP contribution >= 0.6 is 0 Å². The summed E-state index contributed by atoms with van der Waals surface area (Å²) in [6.07, 6.45) is 5.40. The summed E-state index contributed by atoms with van der Waals surface area (Å²) in [7, 11) is 2.03. The highest BCUT2D eigenvalue weighted by molar-refractivity contribution is 4.68. The van der Waals surface area contributed by atoms with Gasteiger partial charge in [-0.3, -0.25) is 4.90 Å². The summed E-state index contributed by atoms with van der Waals surface area (Å²) in [5, 5.41) is 9.65. The average molecular weight is 187 g/mol. The van der Waals surface area contributed by atoms with Crippen LogP contribution < -0.4 is 0 Å². The van der Waals surface area contributed by atoms with E-state index in [4.69, 9.17) is 0 Å². The molecule has 0 aromatic heterocycles. The van der Waals surface area contributed by atoms with Gasteiger partial charge in [-0.15, -0.1) is 0 Å². The largest absolute Gasteiger partial charge is 0.378 e. The Morgan fingerprint density at radius 2 is 1.77 bits per heavy atom. The second kappa shape index (κ2) is 7.34. The van der Waals surface area contributed by atoms with Crippen LogP contribution in [0.4, 0.5) is 0 Å². The third-order valence-electron chi connectivity index (χ3n) is 2.77. The Labute approximate surface area is 82.9 Å². The Kier molecular flexibility index (Phi) is 7.29. The third-order valence-corrected chi connectivity index (χ3v) is 2.77. The highest BCUT2D eigenvalue weighted by Gasteiger charge is 2.17. The first-order chi connectivity index (χ1) is 6.17. The van der Waals surface area contributed by atoms with E-state index in [1.165, 1.54) is 19.3 Å². The normalized spacial score (nSPS) is 16.2. The molecule has 0 fully saturated rings. The number of aliphatic hydroxyl groups excluding tert-OH is 1. The number of hydrogen-bond acceptors (Lipinski definition) is 2. The molecule has 2 heteroatoms. The zero-order chi connectivity index (χ0) is 10.3. The van der Waals surface area contributed by atoms with Gasteiger partial charge >= 0.3 is 0 Å². The fourth-order valence-electron chi connectivity index (χ4n) is 1.67. The summed E-state index contributed by atoms with van der Waals surface area (Å²) in [5.41, 5.74) is 0. The minimum Gasteiger partial charge on any atom is -0.378 e. The molecule has 0 saturated carbocycles. The number of rotatable bonds is 7. The molecule has 0 aliphatic rings. The minimum atomic E-state index is -0.262. The van der Waals surface area contributed by atoms with Crippen molar-refractivity contribution in [3.05, 3.63) is 0 Å². The van der Waals surface area contributed by atoms with Gasteiger partial charge in [-0.1, -0.05) is 33.6 Å². The van der Waals surface area contributed by atoms with Gasteiger partial charge in [-0.2, -0.15) is 0 Å². The molecule has 0 aromatic carbocycles. The Morgan fingerprint density at radius 1 is 1.15 bits per heavy atom. The number of unbranched alkanes of at least 4 members (excludes halogenated alkanes) is 1. The van der Waals surface area contributed by atoms with E-state index in [1.54, 1.807) is 0 Å². The van der Waals surface area contributed by atoms with Crippen molar-refractivity contribution in [3.63, 3.8) is 0 Å². The van der Waals surface area contributed by atoms with Crippen molar-refractivity contribution in [2.75, 3.05) is 7.05 Å². The molecule has 0 spiro atoms. The summed E-state index contributed by atoms with van der Waals surface area (Å²) in [5.74, 6) is 0. The van der Waals surface area contributed by atoms with Gasteiger partial charge in [0.25, 0.3) is 0 Å². The second-order valence-corrected chi connectivity index (χ2v) is 3.76. The summed E-state index contributed by atoms with van der Waals surface area (Å²) >= 11 is 0. The first kappa shape index (κ1) is 12.9. The molecule has 0 amide bonds. The molecule has 2 nitrogen and oxygen atoms in total. The lowest BCUT2D eigenvalue weighted by atomic mass is 10.1. The van der Waals surface area contributed by atoms with Gasteiger partial charge in [0, 0.05) is 6.04 Å². The Morgan fingerprint density at radius 3 is 2.15 bits per heavy atom. The van der Waals surface area contributed by atoms with E-state index >= 15 is 0 Å². The first-order valence-electron chi connectivity index (χ1n) is 5.57. The molecule has 2 unspecified atom stereocenters. The van der Waals surface area contributed by atoms with Gasteiger partial charge in [0.15, 0.2) is 0 Å². The molecule has 0 bridgehead atoms. The summed E-state index contributed by atoms with van der Waals surface area (Å²) in [6, 6.07) is 0.551. The molecular formula is C11H25NO. The fourth-order valence-corrected chi connectivity index (χ4v) is 1.67. The van der Waals surface area contributed by atoms with Crippen LogP contribution in [0.2, 0.25) is 0 Å². The van der Waals surface area contributed by atoms with Gasteiger partial charge in [0.2, 0.25) is 0 Å². The molecule has 1 N–H and O–H groups in total. The third kappa shape index (κ3) is 4.63. The van der Waals surface area contributed by atoms with Crippen LogP contribution in [0.5, 0.6) is 0 Å². The second-order valence-electron chi connectivity index (χ2n) is 3.76. The number of nitrogens with zero attached hydrogens (tertiary/aromatic N) is 1. The van der Waals surface area contributed by atoms with Crippen LogP contribution in [0.25, 0.3) is 0 Å². The molecule has 13 heavy (non-hydrogen) atoms. The maximum Gasteiger partial charge on any atom is 0.107 e. The minimum absolute atomic E-state index is 0.262. The highest BCUT2D eigenvalue weighted by Crippen LogP contribution is 2.13. The van der Waals surface area contributed by atoms with Crippen molar-refractivity contribution in [2.45, 2.75) is 65.1 Å². The van der Waals surface area contributed by atoms with Gasteiger partial charge in [0.1, 0.15) is 6.23 Å². The molecule has 0 rings (SSSR count). The molecule has 0 aliphatic carbocycles. The lowest BCUT2D eigenvalue weighted by Crippen LogP contribution is -2.39. The van der Waals surface area contributed by atoms with E-state index in [1.807, 2.05) is 14.0 Å². The fraction of sp³-hybridized carbons (Fsp3) is 1.00. The standard InChI is InChI=1S/C11H25NO/c1-5-8-9-10(6-2)12(4)11(13)7-3/h10-11,13H,5-9H2,1-4H3. The molecule has 0 saturated heterocycles. The van der Waals surface area contributed by atoms with E-state index in [0.29, 0.717) is 6.04 Å². The molecular weight excluding hydrogens is 162 g/mol. The molecule has 0 heterocycles. The number of aliphatic hydroxyl groups is 1. The SMILES string of the molecule is CCCCC(CC)N(C)C(O)CC. The van der Waals surface area contributed by atoms with Gasteiger partial charge in [-0.25, -0.2) is 0 Å². The van der Waals surface area contributed by atoms with Crippen molar-refractivity contribution in [3.8, 4) is 0 Å². The summed E-state index contributed by atoms with van der Waals surface area (Å²) in [4.78, 5) is 2.11. The Hall–Kier alpha value is -0.0800. The molecule has 0 aromatic rings. The zero-order valence-corrected chi connectivity index (χ0v) is 9.58. The van der Waals surface area contributed by atoms with Crippen LogP contribution in [-0.2, 0) is 0 Å². The van der Waals surface area contributed by atoms with Gasteiger partial charge in [-0.05, 0) is 26.3 Å². The summed E-state index contributed by atoms with van der Waals surface area (Å²) < 4.78 is 0. The first-order valence-corrected chi connectivity index (χ1v) is 5.57. The zero-order valence-electron chi connectivity index (χ0n) is 9.58. The van der Waals surface area contributed by atoms with Crippen molar-refractivity contribution in [1.29, 1.82) is 0 Å². The van der Waals surface area contributed by atoms with Crippen molar-refractivity contribution >= 4 is 0 Å². The van der Waals surface area contributed by atoms with E-state index in [-0.39, 0.29) is 6.23 Å². The highest BCUT2D eigenvalue weighted by atomic mass is 16.3. The molecule has 0 radical (unpaired) electrons. The van der Waals surface area contributed by atoms with Gasteiger partial charge < -0.3 is 5.11 Å². The lowest BCUT2D eigenvalue weighted by molar-refractivity contribution is -0.0120. The van der Waals surface area contributed by atoms with Crippen molar-refractivity contribution in [1.82, 2.24) is 4.90 Å². The number of hydrogen-bond donors (Lipinski definition) is 1. The maximum absolute atomic E-state index is 9.65. The lowest BCUT2D eigenvalue weighted by Gasteiger charge is -2.31. The topological polar surface area (TPSA) is 23.5 Å². The van der Waals surface area contributed by atoms with E-state index in [0.717, 1.165) is 12.8 Å². The van der Waals surface area contributed by atoms with Crippen LogP contribution in [0.3, 0.4) is 0 Å². The molecule has 80 valence electrons. The van der Waals surface area contributed by atoms with E-state index in [2.05, 4.69) is 18.7 Å². The predicted molar refractivity (Wildman–Crippen MR) is 57.7 cm³/mol. The summed E-state index contributed by atoms with van der Waals surface area (Å²) in [6.45, 7) is 6.43. The van der Waals surface area contributed by atoms with Crippen molar-refractivity contribution < 1.29 is 5.11 Å². The van der Waals surface area contributed by atoms with E-state index in [9.17, 15) is 5.11 Å². The Bertz CT molecular complexity index is 117. The van der Waals surface area contributed by atoms with Crippen molar-refractivity contribution in [2.24, 2.45) is 0 Å². The smallest absolute Gasteiger partial charge is 0.107 e.